The summed E-state index contributed by atoms with van der Waals surface area (Å²) in [5.41, 5.74) is 0. The number of aliphatic hydroxyl groups is 1. The van der Waals surface area contributed by atoms with Crippen molar-refractivity contribution in [2.24, 2.45) is 5.92 Å². The fourth-order valence-corrected chi connectivity index (χ4v) is 13.3. The average molecular weight is 1400 g/mol. The smallest absolute Gasteiger partial charge is 0.462 e. The van der Waals surface area contributed by atoms with Gasteiger partial charge >= 0.3 is 39.5 Å². The fourth-order valence-electron chi connectivity index (χ4n) is 11.7. The van der Waals surface area contributed by atoms with E-state index in [9.17, 15) is 43.2 Å². The molecular formula is C76H148O17P2. The second-order valence-corrected chi connectivity index (χ2v) is 30.8. The molecule has 0 aliphatic heterocycles. The lowest BCUT2D eigenvalue weighted by Gasteiger charge is -2.21. The van der Waals surface area contributed by atoms with Crippen LogP contribution in [0.3, 0.4) is 0 Å². The standard InChI is InChI=1S/C76H148O17P2/c1-6-9-12-15-18-21-24-27-30-33-36-39-44-49-54-59-73(78)86-65-71(92-75(80)61-56-51-45-40-37-34-31-28-25-22-19-16-13-10-7-2)67-90-94(82,83)88-63-70(77)64-89-95(84,85)91-68-72(66-87-74(79)60-55-50-47-42-43-48-53-58-69(4)5)93-76(81)62-57-52-46-41-38-35-32-29-26-23-20-17-14-11-8-3/h69-72,77H,6-68H2,1-5H3,(H,82,83)(H,84,85)/t70-,71-,72-/m1/s1. The largest absolute Gasteiger partial charge is 0.472 e. The molecule has 564 valence electrons. The number of aliphatic hydroxyl groups excluding tert-OH is 1. The van der Waals surface area contributed by atoms with Crippen LogP contribution in [0.1, 0.15) is 401 Å². The Morgan fingerprint density at radius 1 is 0.284 bits per heavy atom. The molecule has 0 aromatic heterocycles. The summed E-state index contributed by atoms with van der Waals surface area (Å²) in [4.78, 5) is 72.8. The molecule has 2 unspecified atom stereocenters. The van der Waals surface area contributed by atoms with E-state index in [2.05, 4.69) is 34.6 Å². The van der Waals surface area contributed by atoms with E-state index in [0.717, 1.165) is 96.3 Å². The van der Waals surface area contributed by atoms with Crippen LogP contribution in [-0.4, -0.2) is 96.7 Å². The van der Waals surface area contributed by atoms with E-state index in [1.165, 1.54) is 218 Å². The van der Waals surface area contributed by atoms with Gasteiger partial charge in [0.05, 0.1) is 26.4 Å². The zero-order valence-corrected chi connectivity index (χ0v) is 63.6. The Morgan fingerprint density at radius 3 is 0.716 bits per heavy atom. The van der Waals surface area contributed by atoms with E-state index in [0.29, 0.717) is 31.6 Å². The summed E-state index contributed by atoms with van der Waals surface area (Å²) < 4.78 is 68.5. The first-order valence-electron chi connectivity index (χ1n) is 39.6. The van der Waals surface area contributed by atoms with Crippen LogP contribution in [-0.2, 0) is 65.4 Å². The van der Waals surface area contributed by atoms with E-state index < -0.39 is 97.5 Å². The molecule has 0 saturated carbocycles. The first kappa shape index (κ1) is 93.1. The van der Waals surface area contributed by atoms with E-state index in [1.807, 2.05) is 0 Å². The minimum absolute atomic E-state index is 0.108. The highest BCUT2D eigenvalue weighted by molar-refractivity contribution is 7.47. The maximum absolute atomic E-state index is 13.1. The first-order valence-corrected chi connectivity index (χ1v) is 42.6. The molecular weight excluding hydrogens is 1250 g/mol. The Balaban J connectivity index is 5.25. The molecule has 0 aliphatic carbocycles. The zero-order chi connectivity index (χ0) is 69.8. The molecule has 0 amide bonds. The van der Waals surface area contributed by atoms with Gasteiger partial charge < -0.3 is 33.8 Å². The van der Waals surface area contributed by atoms with Crippen molar-refractivity contribution in [1.82, 2.24) is 0 Å². The topological polar surface area (TPSA) is 237 Å². The van der Waals surface area contributed by atoms with Crippen molar-refractivity contribution in [3.63, 3.8) is 0 Å². The molecule has 17 nitrogen and oxygen atoms in total. The summed E-state index contributed by atoms with van der Waals surface area (Å²) in [6.45, 7) is 7.25. The van der Waals surface area contributed by atoms with Crippen LogP contribution in [0.5, 0.6) is 0 Å². The average Bonchev–Trinajstić information content (AvgIpc) is 1.44. The van der Waals surface area contributed by atoms with Crippen LogP contribution in [0, 0.1) is 5.92 Å². The molecule has 0 saturated heterocycles. The Hall–Kier alpha value is -1.94. The Bertz CT molecular complexity index is 1820. The van der Waals surface area contributed by atoms with E-state index in [-0.39, 0.29) is 25.7 Å². The van der Waals surface area contributed by atoms with Crippen molar-refractivity contribution in [3.05, 3.63) is 0 Å². The highest BCUT2D eigenvalue weighted by Gasteiger charge is 2.30. The van der Waals surface area contributed by atoms with Gasteiger partial charge in [0.15, 0.2) is 12.2 Å². The Labute approximate surface area is 581 Å². The molecule has 0 radical (unpaired) electrons. The van der Waals surface area contributed by atoms with E-state index in [1.54, 1.807) is 0 Å². The van der Waals surface area contributed by atoms with Crippen molar-refractivity contribution in [3.8, 4) is 0 Å². The van der Waals surface area contributed by atoms with Crippen molar-refractivity contribution < 1.29 is 80.2 Å². The molecule has 0 bridgehead atoms. The SMILES string of the molecule is CCCCCCCCCCCCCCCCCC(=O)OC[C@H](COP(=O)(O)OC[C@@H](O)COP(=O)(O)OC[C@@H](COC(=O)CCCCCCCCCC(C)C)OC(=O)CCCCCCCCCCCCCCCCC)OC(=O)CCCCCCCCCCCCCCCCC. The van der Waals surface area contributed by atoms with Crippen molar-refractivity contribution in [1.29, 1.82) is 0 Å². The third-order valence-electron chi connectivity index (χ3n) is 17.8. The number of phosphoric ester groups is 2. The predicted octanol–water partition coefficient (Wildman–Crippen LogP) is 22.5. The van der Waals surface area contributed by atoms with Gasteiger partial charge in [0.2, 0.25) is 0 Å². The third-order valence-corrected chi connectivity index (χ3v) is 19.7. The molecule has 5 atom stereocenters. The second-order valence-electron chi connectivity index (χ2n) is 27.9. The molecule has 0 aromatic carbocycles. The summed E-state index contributed by atoms with van der Waals surface area (Å²) >= 11 is 0. The van der Waals surface area contributed by atoms with E-state index in [4.69, 9.17) is 37.0 Å². The van der Waals surface area contributed by atoms with Gasteiger partial charge in [-0.2, -0.15) is 0 Å². The van der Waals surface area contributed by atoms with Gasteiger partial charge in [-0.25, -0.2) is 9.13 Å². The molecule has 0 rings (SSSR count). The van der Waals surface area contributed by atoms with Crippen LogP contribution < -0.4 is 0 Å². The van der Waals surface area contributed by atoms with E-state index >= 15 is 0 Å². The number of unbranched alkanes of at least 4 members (excludes halogenated alkanes) is 48. The van der Waals surface area contributed by atoms with Gasteiger partial charge in [-0.3, -0.25) is 37.3 Å². The first-order chi connectivity index (χ1) is 46.0. The Morgan fingerprint density at radius 2 is 0.484 bits per heavy atom. The Kier molecular flexibility index (Phi) is 67.7. The zero-order valence-electron chi connectivity index (χ0n) is 61.8. The molecule has 0 fully saturated rings. The minimum atomic E-state index is -4.96. The van der Waals surface area contributed by atoms with Gasteiger partial charge in [-0.05, 0) is 31.6 Å². The summed E-state index contributed by atoms with van der Waals surface area (Å²) in [6.07, 6.45) is 58.2. The molecule has 0 aliphatic rings. The molecule has 0 aromatic rings. The third kappa shape index (κ3) is 70.3. The maximum atomic E-state index is 13.1. The minimum Gasteiger partial charge on any atom is -0.462 e. The number of esters is 4. The van der Waals surface area contributed by atoms with Crippen LogP contribution in [0.2, 0.25) is 0 Å². The highest BCUT2D eigenvalue weighted by atomic mass is 31.2. The summed E-state index contributed by atoms with van der Waals surface area (Å²) in [5.74, 6) is -1.41. The van der Waals surface area contributed by atoms with Gasteiger partial charge in [0.1, 0.15) is 19.3 Å². The molecule has 19 heteroatoms. The van der Waals surface area contributed by atoms with Crippen molar-refractivity contribution >= 4 is 39.5 Å². The van der Waals surface area contributed by atoms with Gasteiger partial charge in [-0.1, -0.05) is 349 Å². The van der Waals surface area contributed by atoms with Crippen molar-refractivity contribution in [2.45, 2.75) is 419 Å². The number of hydrogen-bond donors (Lipinski definition) is 3. The number of carbonyl (C=O) groups is 4. The maximum Gasteiger partial charge on any atom is 0.472 e. The quantitative estimate of drug-likeness (QED) is 0.0222. The lowest BCUT2D eigenvalue weighted by molar-refractivity contribution is -0.161. The number of phosphoric acid groups is 2. The van der Waals surface area contributed by atoms with Crippen LogP contribution in [0.15, 0.2) is 0 Å². The number of ether oxygens (including phenoxy) is 4. The lowest BCUT2D eigenvalue weighted by atomic mass is 10.0. The van der Waals surface area contributed by atoms with Crippen LogP contribution >= 0.6 is 15.6 Å². The number of rotatable bonds is 76. The lowest BCUT2D eigenvalue weighted by Crippen LogP contribution is -2.30. The fraction of sp³-hybridized carbons (Fsp3) is 0.947. The molecule has 0 spiro atoms. The monoisotopic (exact) mass is 1400 g/mol. The number of hydrogen-bond acceptors (Lipinski definition) is 15. The number of carbonyl (C=O) groups excluding carboxylic acids is 4. The van der Waals surface area contributed by atoms with Gasteiger partial charge in [0.25, 0.3) is 0 Å². The van der Waals surface area contributed by atoms with Gasteiger partial charge in [-0.15, -0.1) is 0 Å². The predicted molar refractivity (Wildman–Crippen MR) is 386 cm³/mol. The second kappa shape index (κ2) is 69.2. The molecule has 95 heavy (non-hydrogen) atoms. The highest BCUT2D eigenvalue weighted by Crippen LogP contribution is 2.45. The van der Waals surface area contributed by atoms with Crippen molar-refractivity contribution in [2.75, 3.05) is 39.6 Å². The van der Waals surface area contributed by atoms with Gasteiger partial charge in [0, 0.05) is 25.7 Å². The normalized spacial score (nSPS) is 13.9. The summed E-state index contributed by atoms with van der Waals surface area (Å²) in [5, 5.41) is 10.6. The van der Waals surface area contributed by atoms with Crippen LogP contribution in [0.4, 0.5) is 0 Å². The summed E-state index contributed by atoms with van der Waals surface area (Å²) in [7, 11) is -9.91. The molecule has 3 N–H and O–H groups in total. The molecule has 0 heterocycles. The summed E-state index contributed by atoms with van der Waals surface area (Å²) in [6, 6.07) is 0. The van der Waals surface area contributed by atoms with Crippen LogP contribution in [0.25, 0.3) is 0 Å².